The van der Waals surface area contributed by atoms with Gasteiger partial charge in [0.25, 0.3) is 0 Å². The zero-order valence-corrected chi connectivity index (χ0v) is 18.8. The third kappa shape index (κ3) is 3.94. The highest BCUT2D eigenvalue weighted by atomic mass is 32.2. The molecule has 4 rings (SSSR count). The van der Waals surface area contributed by atoms with E-state index >= 15 is 0 Å². The molecule has 1 aromatic heterocycles. The number of ketones is 1. The third-order valence-electron chi connectivity index (χ3n) is 5.27. The number of carbonyl (C=O) groups excluding carboxylic acids is 2. The van der Waals surface area contributed by atoms with Gasteiger partial charge in [0.1, 0.15) is 11.6 Å². The number of nitrogens with zero attached hydrogens (tertiary/aromatic N) is 4. The van der Waals surface area contributed by atoms with E-state index in [2.05, 4.69) is 16.3 Å². The standard InChI is InChI=1S/C21H20N6O3S2/c1-30-12-5-2-4-11(8-12)17-13(9-22)19(24)27(14-6-3-7-15(28)18(14)17)20-25-26-21(32-20)31-10-16(23)29/h2,4-5,8,17H,3,6-7,10,24H2,1H3,(H2,23,29). The minimum Gasteiger partial charge on any atom is -0.497 e. The number of hydrogen-bond acceptors (Lipinski definition) is 10. The highest BCUT2D eigenvalue weighted by molar-refractivity contribution is 8.01. The van der Waals surface area contributed by atoms with Crippen LogP contribution in [0.2, 0.25) is 0 Å². The van der Waals surface area contributed by atoms with Crippen LogP contribution in [0.15, 0.2) is 51.3 Å². The summed E-state index contributed by atoms with van der Waals surface area (Å²) in [6.07, 6.45) is 1.70. The Morgan fingerprint density at radius 3 is 2.94 bits per heavy atom. The quantitative estimate of drug-likeness (QED) is 0.610. The van der Waals surface area contributed by atoms with Crippen LogP contribution >= 0.6 is 23.1 Å². The molecule has 0 fully saturated rings. The van der Waals surface area contributed by atoms with Gasteiger partial charge in [-0.25, -0.2) is 0 Å². The van der Waals surface area contributed by atoms with Gasteiger partial charge in [0.15, 0.2) is 10.1 Å². The van der Waals surface area contributed by atoms with Gasteiger partial charge in [-0.15, -0.1) is 10.2 Å². The van der Waals surface area contributed by atoms with Gasteiger partial charge >= 0.3 is 0 Å². The van der Waals surface area contributed by atoms with Crippen LogP contribution in [0, 0.1) is 11.3 Å². The van der Waals surface area contributed by atoms with Crippen molar-refractivity contribution in [2.75, 3.05) is 17.8 Å². The molecule has 1 atom stereocenters. The second kappa shape index (κ2) is 9.02. The summed E-state index contributed by atoms with van der Waals surface area (Å²) in [7, 11) is 1.57. The zero-order valence-electron chi connectivity index (χ0n) is 17.2. The molecule has 2 aliphatic rings. The summed E-state index contributed by atoms with van der Waals surface area (Å²) < 4.78 is 5.89. The summed E-state index contributed by atoms with van der Waals surface area (Å²) in [6, 6.07) is 9.53. The fourth-order valence-electron chi connectivity index (χ4n) is 3.94. The summed E-state index contributed by atoms with van der Waals surface area (Å²) >= 11 is 2.41. The van der Waals surface area contributed by atoms with Crippen LogP contribution in [-0.4, -0.2) is 34.8 Å². The number of hydrogen-bond donors (Lipinski definition) is 2. The Morgan fingerprint density at radius 1 is 1.41 bits per heavy atom. The maximum atomic E-state index is 13.1. The molecule has 164 valence electrons. The number of primary amides is 1. The molecule has 11 heteroatoms. The van der Waals surface area contributed by atoms with E-state index in [0.29, 0.717) is 40.1 Å². The van der Waals surface area contributed by atoms with Gasteiger partial charge < -0.3 is 16.2 Å². The molecule has 1 amide bonds. The minimum atomic E-state index is -0.578. The molecule has 2 aromatic rings. The lowest BCUT2D eigenvalue weighted by Crippen LogP contribution is -2.38. The zero-order chi connectivity index (χ0) is 22.8. The van der Waals surface area contributed by atoms with Crippen molar-refractivity contribution in [2.45, 2.75) is 29.5 Å². The third-order valence-corrected chi connectivity index (χ3v) is 7.33. The molecule has 0 bridgehead atoms. The van der Waals surface area contributed by atoms with Crippen molar-refractivity contribution in [3.63, 3.8) is 0 Å². The highest BCUT2D eigenvalue weighted by Crippen LogP contribution is 2.47. The lowest BCUT2D eigenvalue weighted by atomic mass is 9.76. The SMILES string of the molecule is COc1cccc(C2C(C#N)=C(N)N(c3nnc(SCC(N)=O)s3)C3=C2C(=O)CCC3)c1. The molecular formula is C21H20N6O3S2. The van der Waals surface area contributed by atoms with Gasteiger partial charge in [-0.1, -0.05) is 35.2 Å². The number of amides is 1. The van der Waals surface area contributed by atoms with Crippen LogP contribution in [-0.2, 0) is 9.59 Å². The first-order valence-corrected chi connectivity index (χ1v) is 11.6. The van der Waals surface area contributed by atoms with Gasteiger partial charge in [-0.2, -0.15) is 5.26 Å². The number of nitriles is 1. The second-order valence-electron chi connectivity index (χ2n) is 7.20. The molecule has 0 saturated carbocycles. The molecule has 0 saturated heterocycles. The van der Waals surface area contributed by atoms with E-state index in [0.717, 1.165) is 11.3 Å². The smallest absolute Gasteiger partial charge is 0.227 e. The van der Waals surface area contributed by atoms with Crippen molar-refractivity contribution in [3.05, 3.63) is 52.5 Å². The van der Waals surface area contributed by atoms with E-state index in [1.807, 2.05) is 24.3 Å². The van der Waals surface area contributed by atoms with Gasteiger partial charge in [0.05, 0.1) is 30.4 Å². The molecule has 1 unspecified atom stereocenters. The molecule has 0 radical (unpaired) electrons. The second-order valence-corrected chi connectivity index (χ2v) is 9.38. The Labute approximate surface area is 192 Å². The van der Waals surface area contributed by atoms with Crippen LogP contribution in [0.3, 0.4) is 0 Å². The van der Waals surface area contributed by atoms with Gasteiger partial charge in [-0.3, -0.25) is 14.5 Å². The van der Waals surface area contributed by atoms with E-state index < -0.39 is 11.8 Å². The predicted octanol–water partition coefficient (Wildman–Crippen LogP) is 2.43. The van der Waals surface area contributed by atoms with E-state index in [4.69, 9.17) is 16.2 Å². The first-order valence-electron chi connectivity index (χ1n) is 9.79. The van der Waals surface area contributed by atoms with E-state index in [1.54, 1.807) is 12.0 Å². The number of Topliss-reactive ketones (excluding diaryl/α,β-unsaturated/α-hetero) is 1. The molecule has 0 spiro atoms. The first-order chi connectivity index (χ1) is 15.4. The molecule has 1 aliphatic carbocycles. The van der Waals surface area contributed by atoms with Crippen LogP contribution in [0.5, 0.6) is 5.75 Å². The number of ether oxygens (including phenoxy) is 1. The number of thioether (sulfide) groups is 1. The van der Waals surface area contributed by atoms with Crippen molar-refractivity contribution in [2.24, 2.45) is 11.5 Å². The number of rotatable bonds is 6. The van der Waals surface area contributed by atoms with Gasteiger partial charge in [-0.05, 0) is 30.5 Å². The summed E-state index contributed by atoms with van der Waals surface area (Å²) in [5.41, 5.74) is 14.0. The van der Waals surface area contributed by atoms with Crippen molar-refractivity contribution in [1.29, 1.82) is 5.26 Å². The number of methoxy groups -OCH3 is 1. The van der Waals surface area contributed by atoms with Crippen molar-refractivity contribution in [3.8, 4) is 11.8 Å². The Bertz CT molecular complexity index is 1200. The molecule has 9 nitrogen and oxygen atoms in total. The summed E-state index contributed by atoms with van der Waals surface area (Å²) in [5, 5.41) is 18.8. The monoisotopic (exact) mass is 468 g/mol. The Balaban J connectivity index is 1.84. The van der Waals surface area contributed by atoms with Crippen LogP contribution in [0.4, 0.5) is 5.13 Å². The Kier molecular flexibility index (Phi) is 6.16. The first kappa shape index (κ1) is 21.9. The Morgan fingerprint density at radius 2 is 2.22 bits per heavy atom. The van der Waals surface area contributed by atoms with E-state index in [1.165, 1.54) is 23.1 Å². The number of carbonyl (C=O) groups is 2. The molecular weight excluding hydrogens is 448 g/mol. The van der Waals surface area contributed by atoms with Gasteiger partial charge in [0.2, 0.25) is 11.0 Å². The fraction of sp³-hybridized carbons (Fsp3) is 0.286. The van der Waals surface area contributed by atoms with Crippen LogP contribution < -0.4 is 21.1 Å². The van der Waals surface area contributed by atoms with Crippen molar-refractivity contribution in [1.82, 2.24) is 10.2 Å². The number of benzene rings is 1. The van der Waals surface area contributed by atoms with Crippen molar-refractivity contribution < 1.29 is 14.3 Å². The topological polar surface area (TPSA) is 148 Å². The maximum absolute atomic E-state index is 13.1. The number of allylic oxidation sites excluding steroid dienone is 3. The van der Waals surface area contributed by atoms with Crippen LogP contribution in [0.1, 0.15) is 30.7 Å². The predicted molar refractivity (Wildman–Crippen MR) is 121 cm³/mol. The van der Waals surface area contributed by atoms with Crippen molar-refractivity contribution >= 4 is 39.9 Å². The molecule has 4 N–H and O–H groups in total. The fourth-order valence-corrected chi connectivity index (χ4v) is 5.56. The molecule has 1 aliphatic heterocycles. The summed E-state index contributed by atoms with van der Waals surface area (Å²) in [5.74, 6) is -0.126. The lowest BCUT2D eigenvalue weighted by Gasteiger charge is -2.38. The Hall–Kier alpha value is -3.36. The minimum absolute atomic E-state index is 0.0165. The lowest BCUT2D eigenvalue weighted by molar-refractivity contribution is -0.116. The highest BCUT2D eigenvalue weighted by Gasteiger charge is 2.41. The largest absolute Gasteiger partial charge is 0.497 e. The molecule has 32 heavy (non-hydrogen) atoms. The van der Waals surface area contributed by atoms with Gasteiger partial charge in [0, 0.05) is 17.7 Å². The average Bonchev–Trinajstić information content (AvgIpc) is 3.25. The van der Waals surface area contributed by atoms with E-state index in [-0.39, 0.29) is 22.9 Å². The number of aromatic nitrogens is 2. The van der Waals surface area contributed by atoms with Crippen LogP contribution in [0.25, 0.3) is 0 Å². The number of nitrogens with two attached hydrogens (primary N) is 2. The molecule has 1 aromatic carbocycles. The van der Waals surface area contributed by atoms with E-state index in [9.17, 15) is 14.9 Å². The average molecular weight is 469 g/mol. The summed E-state index contributed by atoms with van der Waals surface area (Å²) in [4.78, 5) is 25.9. The molecule has 2 heterocycles. The maximum Gasteiger partial charge on any atom is 0.227 e. The summed E-state index contributed by atoms with van der Waals surface area (Å²) in [6.45, 7) is 0. The number of anilines is 1. The normalized spacial score (nSPS) is 18.4.